The van der Waals surface area contributed by atoms with Gasteiger partial charge >= 0.3 is 0 Å². The van der Waals surface area contributed by atoms with Gasteiger partial charge < -0.3 is 0 Å². The summed E-state index contributed by atoms with van der Waals surface area (Å²) in [5, 5.41) is 9.01. The van der Waals surface area contributed by atoms with E-state index in [1.807, 2.05) is 18.4 Å². The average molecular weight is 209 g/mol. The van der Waals surface area contributed by atoms with Crippen LogP contribution in [0.2, 0.25) is 0 Å². The normalized spacial score (nSPS) is 10.2. The highest BCUT2D eigenvalue weighted by Crippen LogP contribution is 2.26. The van der Waals surface area contributed by atoms with Crippen molar-refractivity contribution in [3.8, 4) is 10.6 Å². The van der Waals surface area contributed by atoms with Crippen molar-refractivity contribution in [2.45, 2.75) is 4.34 Å². The van der Waals surface area contributed by atoms with E-state index in [0.29, 0.717) is 0 Å². The maximum atomic E-state index is 4.06. The van der Waals surface area contributed by atoms with Crippen molar-refractivity contribution in [2.24, 2.45) is 0 Å². The van der Waals surface area contributed by atoms with E-state index in [9.17, 15) is 0 Å². The molecule has 0 aromatic carbocycles. The van der Waals surface area contributed by atoms with Crippen LogP contribution in [0.3, 0.4) is 0 Å². The highest BCUT2D eigenvalue weighted by Gasteiger charge is 2.04. The van der Waals surface area contributed by atoms with Crippen molar-refractivity contribution in [1.82, 2.24) is 15.2 Å². The first kappa shape index (κ1) is 8.65. The predicted octanol–water partition coefficient (Wildman–Crippen LogP) is 2.32. The molecule has 0 bridgehead atoms. The van der Waals surface area contributed by atoms with Gasteiger partial charge in [0.15, 0.2) is 4.34 Å². The number of aromatic nitrogens is 3. The smallest absolute Gasteiger partial charge is 0.174 e. The van der Waals surface area contributed by atoms with Crippen molar-refractivity contribution >= 4 is 23.1 Å². The van der Waals surface area contributed by atoms with Gasteiger partial charge in [0.25, 0.3) is 0 Å². The van der Waals surface area contributed by atoms with Gasteiger partial charge in [-0.1, -0.05) is 23.1 Å². The second-order valence-electron chi connectivity index (χ2n) is 2.32. The molecule has 0 radical (unpaired) electrons. The number of rotatable bonds is 2. The minimum absolute atomic E-state index is 0.928. The maximum absolute atomic E-state index is 4.06. The van der Waals surface area contributed by atoms with Crippen LogP contribution >= 0.6 is 23.1 Å². The molecule has 2 aromatic rings. The number of nitrogens with zero attached hydrogens (tertiary/aromatic N) is 3. The Kier molecular flexibility index (Phi) is 2.56. The molecule has 66 valence electrons. The Morgan fingerprint density at radius 2 is 2.31 bits per heavy atom. The van der Waals surface area contributed by atoms with Gasteiger partial charge in [-0.25, -0.2) is 0 Å². The van der Waals surface area contributed by atoms with Crippen LogP contribution in [-0.2, 0) is 0 Å². The second-order valence-corrected chi connectivity index (χ2v) is 4.35. The quantitative estimate of drug-likeness (QED) is 0.711. The molecule has 5 heteroatoms. The zero-order valence-electron chi connectivity index (χ0n) is 6.97. The van der Waals surface area contributed by atoms with Crippen LogP contribution in [0.1, 0.15) is 0 Å². The van der Waals surface area contributed by atoms with Gasteiger partial charge in [-0.15, -0.1) is 10.2 Å². The Labute approximate surface area is 84.2 Å². The van der Waals surface area contributed by atoms with Crippen molar-refractivity contribution in [2.75, 3.05) is 6.26 Å². The largest absolute Gasteiger partial charge is 0.264 e. The Morgan fingerprint density at radius 1 is 1.38 bits per heavy atom. The molecule has 0 saturated carbocycles. The molecule has 0 amide bonds. The highest BCUT2D eigenvalue weighted by molar-refractivity contribution is 8.00. The van der Waals surface area contributed by atoms with Crippen molar-refractivity contribution in [3.63, 3.8) is 0 Å². The number of pyridine rings is 1. The summed E-state index contributed by atoms with van der Waals surface area (Å²) in [5.74, 6) is 0. The first-order chi connectivity index (χ1) is 6.40. The summed E-state index contributed by atoms with van der Waals surface area (Å²) in [5.41, 5.74) is 1.03. The summed E-state index contributed by atoms with van der Waals surface area (Å²) >= 11 is 3.20. The summed E-state index contributed by atoms with van der Waals surface area (Å²) in [7, 11) is 0. The fourth-order valence-electron chi connectivity index (χ4n) is 0.898. The van der Waals surface area contributed by atoms with E-state index >= 15 is 0 Å². The summed E-state index contributed by atoms with van der Waals surface area (Å²) in [6.45, 7) is 0. The molecule has 0 aliphatic carbocycles. The van der Waals surface area contributed by atoms with Crippen molar-refractivity contribution < 1.29 is 0 Å². The molecule has 0 spiro atoms. The lowest BCUT2D eigenvalue weighted by Crippen LogP contribution is -1.77. The lowest BCUT2D eigenvalue weighted by Gasteiger charge is -1.90. The van der Waals surface area contributed by atoms with Crippen LogP contribution in [-0.4, -0.2) is 21.4 Å². The van der Waals surface area contributed by atoms with Gasteiger partial charge in [-0.2, -0.15) is 0 Å². The zero-order chi connectivity index (χ0) is 9.10. The van der Waals surface area contributed by atoms with E-state index in [1.165, 1.54) is 0 Å². The van der Waals surface area contributed by atoms with Crippen LogP contribution < -0.4 is 0 Å². The van der Waals surface area contributed by atoms with Gasteiger partial charge in [-0.05, 0) is 18.4 Å². The minimum atomic E-state index is 0.928. The van der Waals surface area contributed by atoms with Crippen molar-refractivity contribution in [1.29, 1.82) is 0 Å². The predicted molar refractivity (Wildman–Crippen MR) is 54.9 cm³/mol. The SMILES string of the molecule is CSc1nnc(-c2cccnc2)s1. The Hall–Kier alpha value is -0.940. The number of hydrogen-bond donors (Lipinski definition) is 0. The first-order valence-corrected chi connectivity index (χ1v) is 5.72. The van der Waals surface area contributed by atoms with Gasteiger partial charge in [0, 0.05) is 18.0 Å². The topological polar surface area (TPSA) is 38.7 Å². The van der Waals surface area contributed by atoms with Crippen LogP contribution in [0, 0.1) is 0 Å². The first-order valence-electron chi connectivity index (χ1n) is 3.68. The highest BCUT2D eigenvalue weighted by atomic mass is 32.2. The summed E-state index contributed by atoms with van der Waals surface area (Å²) < 4.78 is 0.985. The zero-order valence-corrected chi connectivity index (χ0v) is 8.60. The van der Waals surface area contributed by atoms with Crippen molar-refractivity contribution in [3.05, 3.63) is 24.5 Å². The summed E-state index contributed by atoms with van der Waals surface area (Å²) in [6.07, 6.45) is 5.54. The van der Waals surface area contributed by atoms with E-state index in [1.54, 1.807) is 35.5 Å². The molecular weight excluding hydrogens is 202 g/mol. The van der Waals surface area contributed by atoms with E-state index in [-0.39, 0.29) is 0 Å². The van der Waals surface area contributed by atoms with Gasteiger partial charge in [0.05, 0.1) is 0 Å². The van der Waals surface area contributed by atoms with E-state index in [0.717, 1.165) is 14.9 Å². The molecule has 13 heavy (non-hydrogen) atoms. The molecule has 0 atom stereocenters. The molecule has 3 nitrogen and oxygen atoms in total. The number of hydrogen-bond acceptors (Lipinski definition) is 5. The van der Waals surface area contributed by atoms with E-state index in [2.05, 4.69) is 15.2 Å². The fourth-order valence-corrected chi connectivity index (χ4v) is 2.16. The lowest BCUT2D eigenvalue weighted by atomic mass is 10.3. The third kappa shape index (κ3) is 1.87. The van der Waals surface area contributed by atoms with Gasteiger partial charge in [0.1, 0.15) is 5.01 Å². The average Bonchev–Trinajstić information content (AvgIpc) is 2.67. The monoisotopic (exact) mass is 209 g/mol. The van der Waals surface area contributed by atoms with Crippen LogP contribution in [0.5, 0.6) is 0 Å². The van der Waals surface area contributed by atoms with Gasteiger partial charge in [-0.3, -0.25) is 4.98 Å². The summed E-state index contributed by atoms with van der Waals surface area (Å²) in [6, 6.07) is 3.88. The van der Waals surface area contributed by atoms with E-state index in [4.69, 9.17) is 0 Å². The molecule has 0 aliphatic rings. The second kappa shape index (κ2) is 3.85. The Morgan fingerprint density at radius 3 is 2.92 bits per heavy atom. The number of thioether (sulfide) groups is 1. The maximum Gasteiger partial charge on any atom is 0.174 e. The molecule has 0 N–H and O–H groups in total. The standard InChI is InChI=1S/C8H7N3S2/c1-12-8-11-10-7(13-8)6-3-2-4-9-5-6/h2-5H,1H3. The molecule has 0 unspecified atom stereocenters. The molecule has 2 heterocycles. The van der Waals surface area contributed by atoms with E-state index < -0.39 is 0 Å². The third-order valence-corrected chi connectivity index (χ3v) is 3.44. The van der Waals surface area contributed by atoms with Crippen LogP contribution in [0.15, 0.2) is 28.9 Å². The third-order valence-electron chi connectivity index (χ3n) is 1.49. The van der Waals surface area contributed by atoms with Gasteiger partial charge in [0.2, 0.25) is 0 Å². The Bertz CT molecular complexity index is 385. The molecule has 2 aromatic heterocycles. The molecule has 0 saturated heterocycles. The summed E-state index contributed by atoms with van der Waals surface area (Å²) in [4.78, 5) is 4.03. The minimum Gasteiger partial charge on any atom is -0.264 e. The van der Waals surface area contributed by atoms with Crippen LogP contribution in [0.25, 0.3) is 10.6 Å². The molecule has 0 fully saturated rings. The Balaban J connectivity index is 2.36. The molecular formula is C8H7N3S2. The fraction of sp³-hybridized carbons (Fsp3) is 0.125. The molecule has 0 aliphatic heterocycles. The van der Waals surface area contributed by atoms with Crippen LogP contribution in [0.4, 0.5) is 0 Å². The molecule has 2 rings (SSSR count). The lowest BCUT2D eigenvalue weighted by molar-refractivity contribution is 1.02.